The molecule has 0 spiro atoms. The van der Waals surface area contributed by atoms with Crippen molar-refractivity contribution in [2.24, 2.45) is 5.92 Å². The van der Waals surface area contributed by atoms with Gasteiger partial charge in [-0.1, -0.05) is 0 Å². The molecule has 0 saturated carbocycles. The molecule has 0 aliphatic carbocycles. The maximum atomic E-state index is 11.5. The van der Waals surface area contributed by atoms with Crippen molar-refractivity contribution in [3.63, 3.8) is 0 Å². The first-order valence-electron chi connectivity index (χ1n) is 4.90. The summed E-state index contributed by atoms with van der Waals surface area (Å²) < 4.78 is 21.7. The van der Waals surface area contributed by atoms with E-state index in [0.717, 1.165) is 19.4 Å². The SMILES string of the molecule is CS(=O)(=O)CCC(=O)C1CCCNC1. The van der Waals surface area contributed by atoms with Crippen LogP contribution in [0.1, 0.15) is 19.3 Å². The summed E-state index contributed by atoms with van der Waals surface area (Å²) in [6.07, 6.45) is 3.25. The van der Waals surface area contributed by atoms with Gasteiger partial charge in [0.05, 0.1) is 5.75 Å². The van der Waals surface area contributed by atoms with E-state index in [1.807, 2.05) is 0 Å². The number of nitrogens with one attached hydrogen (secondary N) is 1. The van der Waals surface area contributed by atoms with E-state index in [1.165, 1.54) is 6.26 Å². The molecule has 0 bridgehead atoms. The van der Waals surface area contributed by atoms with Crippen molar-refractivity contribution < 1.29 is 13.2 Å². The number of Topliss-reactive ketones (excluding diaryl/α,β-unsaturated/α-hetero) is 1. The summed E-state index contributed by atoms with van der Waals surface area (Å²) in [5, 5.41) is 3.14. The molecule has 1 N–H and O–H groups in total. The zero-order valence-corrected chi connectivity index (χ0v) is 9.27. The average molecular weight is 219 g/mol. The summed E-state index contributed by atoms with van der Waals surface area (Å²) in [6.45, 7) is 1.68. The van der Waals surface area contributed by atoms with Crippen molar-refractivity contribution in [1.82, 2.24) is 5.32 Å². The number of piperidine rings is 1. The zero-order valence-electron chi connectivity index (χ0n) is 8.45. The van der Waals surface area contributed by atoms with E-state index in [0.29, 0.717) is 6.54 Å². The number of hydrogen-bond acceptors (Lipinski definition) is 4. The van der Waals surface area contributed by atoms with Crippen LogP contribution in [0.4, 0.5) is 0 Å². The van der Waals surface area contributed by atoms with Gasteiger partial charge in [-0.15, -0.1) is 0 Å². The Kier molecular flexibility index (Phi) is 4.07. The van der Waals surface area contributed by atoms with E-state index in [1.54, 1.807) is 0 Å². The van der Waals surface area contributed by atoms with Gasteiger partial charge in [0.15, 0.2) is 0 Å². The van der Waals surface area contributed by atoms with Gasteiger partial charge in [0.2, 0.25) is 0 Å². The highest BCUT2D eigenvalue weighted by Crippen LogP contribution is 2.13. The minimum Gasteiger partial charge on any atom is -0.316 e. The van der Waals surface area contributed by atoms with E-state index in [2.05, 4.69) is 5.32 Å². The molecule has 1 fully saturated rings. The first kappa shape index (κ1) is 11.7. The van der Waals surface area contributed by atoms with Gasteiger partial charge in [0.25, 0.3) is 0 Å². The number of carbonyl (C=O) groups is 1. The molecule has 14 heavy (non-hydrogen) atoms. The highest BCUT2D eigenvalue weighted by molar-refractivity contribution is 7.90. The summed E-state index contributed by atoms with van der Waals surface area (Å²) in [5.41, 5.74) is 0. The summed E-state index contributed by atoms with van der Waals surface area (Å²) in [5.74, 6) is 0.107. The predicted octanol–water partition coefficient (Wildman–Crippen LogP) is -0.0102. The van der Waals surface area contributed by atoms with Crippen molar-refractivity contribution in [3.8, 4) is 0 Å². The molecule has 1 aliphatic heterocycles. The van der Waals surface area contributed by atoms with Gasteiger partial charge in [-0.05, 0) is 19.4 Å². The second-order valence-electron chi connectivity index (χ2n) is 3.89. The van der Waals surface area contributed by atoms with Crippen molar-refractivity contribution in [3.05, 3.63) is 0 Å². The van der Waals surface area contributed by atoms with Crippen LogP contribution in [0.2, 0.25) is 0 Å². The maximum absolute atomic E-state index is 11.5. The topological polar surface area (TPSA) is 63.2 Å². The first-order valence-corrected chi connectivity index (χ1v) is 6.96. The third-order valence-electron chi connectivity index (χ3n) is 2.47. The molecule has 0 radical (unpaired) electrons. The molecular weight excluding hydrogens is 202 g/mol. The molecule has 1 aliphatic rings. The second kappa shape index (κ2) is 4.89. The van der Waals surface area contributed by atoms with E-state index in [9.17, 15) is 13.2 Å². The summed E-state index contributed by atoms with van der Waals surface area (Å²) in [4.78, 5) is 11.5. The molecule has 0 amide bonds. The van der Waals surface area contributed by atoms with Gasteiger partial charge in [0.1, 0.15) is 15.6 Å². The number of rotatable bonds is 4. The Balaban J connectivity index is 2.34. The molecule has 4 nitrogen and oxygen atoms in total. The maximum Gasteiger partial charge on any atom is 0.147 e. The van der Waals surface area contributed by atoms with Crippen LogP contribution in [0.15, 0.2) is 0 Å². The molecule has 1 heterocycles. The van der Waals surface area contributed by atoms with E-state index in [4.69, 9.17) is 0 Å². The van der Waals surface area contributed by atoms with Crippen molar-refractivity contribution in [1.29, 1.82) is 0 Å². The zero-order chi connectivity index (χ0) is 10.6. The van der Waals surface area contributed by atoms with Crippen molar-refractivity contribution in [2.75, 3.05) is 25.1 Å². The lowest BCUT2D eigenvalue weighted by molar-refractivity contribution is -0.122. The Hall–Kier alpha value is -0.420. The Labute approximate surface area is 85.0 Å². The first-order chi connectivity index (χ1) is 6.49. The molecule has 0 aromatic carbocycles. The molecule has 0 aromatic rings. The second-order valence-corrected chi connectivity index (χ2v) is 6.15. The number of ketones is 1. The number of carbonyl (C=O) groups excluding carboxylic acids is 1. The third kappa shape index (κ3) is 4.19. The summed E-state index contributed by atoms with van der Waals surface area (Å²) in [7, 11) is -3.00. The van der Waals surface area contributed by atoms with Gasteiger partial charge < -0.3 is 5.32 Å². The minimum absolute atomic E-state index is 0.0116. The number of sulfone groups is 1. The fraction of sp³-hybridized carbons (Fsp3) is 0.889. The van der Waals surface area contributed by atoms with Crippen molar-refractivity contribution in [2.45, 2.75) is 19.3 Å². The Bertz CT molecular complexity index is 291. The lowest BCUT2D eigenvalue weighted by atomic mass is 9.94. The fourth-order valence-corrected chi connectivity index (χ4v) is 2.19. The molecular formula is C9H17NO3S. The van der Waals surface area contributed by atoms with Gasteiger partial charge in [-0.3, -0.25) is 4.79 Å². The normalized spacial score (nSPS) is 23.4. The summed E-state index contributed by atoms with van der Waals surface area (Å²) in [6, 6.07) is 0. The van der Waals surface area contributed by atoms with Crippen molar-refractivity contribution >= 4 is 15.6 Å². The quantitative estimate of drug-likeness (QED) is 0.722. The fourth-order valence-electron chi connectivity index (χ4n) is 1.62. The smallest absolute Gasteiger partial charge is 0.147 e. The Morgan fingerprint density at radius 3 is 2.71 bits per heavy atom. The van der Waals surface area contributed by atoms with Gasteiger partial charge in [0, 0.05) is 25.1 Å². The highest BCUT2D eigenvalue weighted by Gasteiger charge is 2.21. The van der Waals surface area contributed by atoms with Crippen LogP contribution in [0.5, 0.6) is 0 Å². The van der Waals surface area contributed by atoms with Crippen LogP contribution in [-0.2, 0) is 14.6 Å². The Morgan fingerprint density at radius 2 is 2.21 bits per heavy atom. The predicted molar refractivity (Wildman–Crippen MR) is 54.9 cm³/mol. The van der Waals surface area contributed by atoms with Gasteiger partial charge in [-0.25, -0.2) is 8.42 Å². The molecule has 1 atom stereocenters. The monoisotopic (exact) mass is 219 g/mol. The third-order valence-corrected chi connectivity index (χ3v) is 3.42. The largest absolute Gasteiger partial charge is 0.316 e. The van der Waals surface area contributed by atoms with Gasteiger partial charge >= 0.3 is 0 Å². The minimum atomic E-state index is -3.00. The lowest BCUT2D eigenvalue weighted by Crippen LogP contribution is -2.34. The number of hydrogen-bond donors (Lipinski definition) is 1. The average Bonchev–Trinajstić information content (AvgIpc) is 2.14. The molecule has 1 unspecified atom stereocenters. The van der Waals surface area contributed by atoms with Crippen LogP contribution >= 0.6 is 0 Å². The standard InChI is InChI=1S/C9H17NO3S/c1-14(12,13)6-4-9(11)8-3-2-5-10-7-8/h8,10H,2-7H2,1H3. The van der Waals surface area contributed by atoms with Crippen LogP contribution in [0.3, 0.4) is 0 Å². The van der Waals surface area contributed by atoms with E-state index in [-0.39, 0.29) is 23.9 Å². The lowest BCUT2D eigenvalue weighted by Gasteiger charge is -2.21. The highest BCUT2D eigenvalue weighted by atomic mass is 32.2. The van der Waals surface area contributed by atoms with Crippen LogP contribution in [0, 0.1) is 5.92 Å². The van der Waals surface area contributed by atoms with Gasteiger partial charge in [-0.2, -0.15) is 0 Å². The Morgan fingerprint density at radius 1 is 1.50 bits per heavy atom. The molecule has 82 valence electrons. The molecule has 5 heteroatoms. The molecule has 1 rings (SSSR count). The summed E-state index contributed by atoms with van der Waals surface area (Å²) >= 11 is 0. The van der Waals surface area contributed by atoms with Crippen LogP contribution < -0.4 is 5.32 Å². The van der Waals surface area contributed by atoms with E-state index >= 15 is 0 Å². The van der Waals surface area contributed by atoms with E-state index < -0.39 is 9.84 Å². The molecule has 1 saturated heterocycles. The molecule has 0 aromatic heterocycles. The van der Waals surface area contributed by atoms with Crippen LogP contribution in [-0.4, -0.2) is 39.3 Å². The van der Waals surface area contributed by atoms with Crippen LogP contribution in [0.25, 0.3) is 0 Å².